The first-order valence-electron chi connectivity index (χ1n) is 14.7. The third-order valence-electron chi connectivity index (χ3n) is 7.88. The molecule has 246 valence electrons. The Kier molecular flexibility index (Phi) is 11.9. The van der Waals surface area contributed by atoms with E-state index in [0.717, 1.165) is 54.3 Å². The van der Waals surface area contributed by atoms with Crippen LogP contribution in [0, 0.1) is 10.1 Å². The summed E-state index contributed by atoms with van der Waals surface area (Å²) in [4.78, 5) is 40.7. The standard InChI is InChI=1S/C32H36Cl2N4O7S/c1-45-30-16-14-25(38(41)42)19-28(30)37(46(2,43)44)21-31(39)36(20-23-13-15-26(33)27(34)17-23)29(18-22-9-5-3-6-10-22)32(40)35-24-11-7-4-8-12-24/h3,5-6,9-10,13-17,19,24,29H,4,7-8,11-12,18,20-21H2,1-2H3,(H,35,40). The second kappa shape index (κ2) is 15.6. The van der Waals surface area contributed by atoms with Crippen molar-refractivity contribution in [1.82, 2.24) is 10.2 Å². The third-order valence-corrected chi connectivity index (χ3v) is 9.75. The van der Waals surface area contributed by atoms with Gasteiger partial charge in [0, 0.05) is 31.1 Å². The average Bonchev–Trinajstić information content (AvgIpc) is 3.03. The summed E-state index contributed by atoms with van der Waals surface area (Å²) in [7, 11) is -2.90. The van der Waals surface area contributed by atoms with Crippen molar-refractivity contribution < 1.29 is 27.7 Å². The van der Waals surface area contributed by atoms with Crippen LogP contribution < -0.4 is 14.4 Å². The topological polar surface area (TPSA) is 139 Å². The maximum atomic E-state index is 14.4. The normalized spacial score (nSPS) is 14.3. The van der Waals surface area contributed by atoms with Gasteiger partial charge in [0.05, 0.1) is 28.3 Å². The zero-order valence-electron chi connectivity index (χ0n) is 25.5. The van der Waals surface area contributed by atoms with Crippen LogP contribution in [0.3, 0.4) is 0 Å². The predicted molar refractivity (Wildman–Crippen MR) is 178 cm³/mol. The Morgan fingerprint density at radius 1 is 1.00 bits per heavy atom. The van der Waals surface area contributed by atoms with Gasteiger partial charge < -0.3 is 15.0 Å². The number of hydrogen-bond donors (Lipinski definition) is 1. The van der Waals surface area contributed by atoms with E-state index >= 15 is 0 Å². The summed E-state index contributed by atoms with van der Waals surface area (Å²) in [5.41, 5.74) is 0.773. The Morgan fingerprint density at radius 3 is 2.30 bits per heavy atom. The molecule has 0 aliphatic heterocycles. The van der Waals surface area contributed by atoms with E-state index in [4.69, 9.17) is 27.9 Å². The lowest BCUT2D eigenvalue weighted by Crippen LogP contribution is -2.55. The summed E-state index contributed by atoms with van der Waals surface area (Å²) >= 11 is 12.5. The highest BCUT2D eigenvalue weighted by atomic mass is 35.5. The predicted octanol–water partition coefficient (Wildman–Crippen LogP) is 5.77. The SMILES string of the molecule is COc1ccc([N+](=O)[O-])cc1N(CC(=O)N(Cc1ccc(Cl)c(Cl)c1)C(Cc1ccccc1)C(=O)NC1CCCCC1)S(C)(=O)=O. The summed E-state index contributed by atoms with van der Waals surface area (Å²) in [5, 5.41) is 15.2. The second-order valence-electron chi connectivity index (χ2n) is 11.2. The van der Waals surface area contributed by atoms with Gasteiger partial charge in [-0.15, -0.1) is 0 Å². The summed E-state index contributed by atoms with van der Waals surface area (Å²) in [6, 6.07) is 16.4. The van der Waals surface area contributed by atoms with Crippen molar-refractivity contribution in [2.24, 2.45) is 0 Å². The Balaban J connectivity index is 1.79. The van der Waals surface area contributed by atoms with Crippen molar-refractivity contribution in [3.63, 3.8) is 0 Å². The molecular formula is C32H36Cl2N4O7S. The minimum Gasteiger partial charge on any atom is -0.495 e. The first kappa shape index (κ1) is 35.0. The molecule has 0 radical (unpaired) electrons. The van der Waals surface area contributed by atoms with Gasteiger partial charge >= 0.3 is 0 Å². The molecule has 0 spiro atoms. The maximum Gasteiger partial charge on any atom is 0.271 e. The molecule has 14 heteroatoms. The van der Waals surface area contributed by atoms with E-state index in [1.54, 1.807) is 18.2 Å². The Morgan fingerprint density at radius 2 is 1.70 bits per heavy atom. The van der Waals surface area contributed by atoms with Gasteiger partial charge in [-0.2, -0.15) is 0 Å². The molecule has 3 aromatic rings. The minimum atomic E-state index is -4.19. The third kappa shape index (κ3) is 9.11. The van der Waals surface area contributed by atoms with E-state index in [2.05, 4.69) is 5.32 Å². The van der Waals surface area contributed by atoms with Gasteiger partial charge in [-0.05, 0) is 42.2 Å². The highest BCUT2D eigenvalue weighted by molar-refractivity contribution is 7.92. The number of nitrogens with zero attached hydrogens (tertiary/aromatic N) is 3. The molecule has 1 N–H and O–H groups in total. The van der Waals surface area contributed by atoms with E-state index < -0.39 is 39.1 Å². The van der Waals surface area contributed by atoms with Crippen molar-refractivity contribution in [1.29, 1.82) is 0 Å². The van der Waals surface area contributed by atoms with Crippen LogP contribution >= 0.6 is 23.2 Å². The number of nitro benzene ring substituents is 1. The van der Waals surface area contributed by atoms with E-state index in [-0.39, 0.29) is 41.4 Å². The van der Waals surface area contributed by atoms with Crippen LogP contribution in [-0.2, 0) is 32.6 Å². The number of halogens is 2. The van der Waals surface area contributed by atoms with Gasteiger partial charge in [0.15, 0.2) is 0 Å². The zero-order chi connectivity index (χ0) is 33.4. The van der Waals surface area contributed by atoms with E-state index in [9.17, 15) is 28.1 Å². The summed E-state index contributed by atoms with van der Waals surface area (Å²) < 4.78 is 32.4. The van der Waals surface area contributed by atoms with Crippen LogP contribution in [0.25, 0.3) is 0 Å². The second-order valence-corrected chi connectivity index (χ2v) is 13.9. The highest BCUT2D eigenvalue weighted by Crippen LogP contribution is 2.34. The number of hydrogen-bond acceptors (Lipinski definition) is 7. The molecule has 4 rings (SSSR count). The molecular weight excluding hydrogens is 655 g/mol. The van der Waals surface area contributed by atoms with Gasteiger partial charge in [0.25, 0.3) is 5.69 Å². The molecule has 1 atom stereocenters. The minimum absolute atomic E-state index is 0.00994. The number of non-ortho nitro benzene ring substituents is 1. The quantitative estimate of drug-likeness (QED) is 0.178. The molecule has 0 aromatic heterocycles. The van der Waals surface area contributed by atoms with Gasteiger partial charge in [0.2, 0.25) is 21.8 Å². The maximum absolute atomic E-state index is 14.4. The molecule has 0 saturated heterocycles. The Hall–Kier alpha value is -3.87. The number of ether oxygens (including phenoxy) is 1. The van der Waals surface area contributed by atoms with Crippen LogP contribution in [-0.4, -0.2) is 62.0 Å². The number of methoxy groups -OCH3 is 1. The van der Waals surface area contributed by atoms with Gasteiger partial charge in [-0.3, -0.25) is 24.0 Å². The first-order chi connectivity index (χ1) is 21.9. The summed E-state index contributed by atoms with van der Waals surface area (Å²) in [6.07, 6.45) is 5.72. The van der Waals surface area contributed by atoms with Crippen molar-refractivity contribution in [3.05, 3.63) is 98.0 Å². The van der Waals surface area contributed by atoms with E-state index in [1.165, 1.54) is 24.1 Å². The lowest BCUT2D eigenvalue weighted by Gasteiger charge is -2.35. The molecule has 2 amide bonds. The Labute approximate surface area is 278 Å². The molecule has 11 nitrogen and oxygen atoms in total. The number of rotatable bonds is 13. The Bertz CT molecular complexity index is 1670. The summed E-state index contributed by atoms with van der Waals surface area (Å²) in [5.74, 6) is -1.08. The number of anilines is 1. The van der Waals surface area contributed by atoms with E-state index in [0.29, 0.717) is 10.6 Å². The first-order valence-corrected chi connectivity index (χ1v) is 17.4. The van der Waals surface area contributed by atoms with Crippen LogP contribution in [0.5, 0.6) is 5.75 Å². The number of carbonyl (C=O) groups excluding carboxylic acids is 2. The molecule has 3 aromatic carbocycles. The number of amides is 2. The van der Waals surface area contributed by atoms with Crippen LogP contribution in [0.4, 0.5) is 11.4 Å². The fourth-order valence-corrected chi connectivity index (χ4v) is 6.68. The van der Waals surface area contributed by atoms with Crippen LogP contribution in [0.2, 0.25) is 10.0 Å². The lowest BCUT2D eigenvalue weighted by atomic mass is 9.94. The van der Waals surface area contributed by atoms with Crippen molar-refractivity contribution in [2.45, 2.75) is 57.2 Å². The number of nitrogens with one attached hydrogen (secondary N) is 1. The molecule has 1 aliphatic carbocycles. The van der Waals surface area contributed by atoms with Crippen molar-refractivity contribution in [2.75, 3.05) is 24.2 Å². The number of nitro groups is 1. The average molecular weight is 692 g/mol. The molecule has 46 heavy (non-hydrogen) atoms. The largest absolute Gasteiger partial charge is 0.495 e. The smallest absolute Gasteiger partial charge is 0.271 e. The van der Waals surface area contributed by atoms with Crippen molar-refractivity contribution >= 4 is 56.4 Å². The fourth-order valence-electron chi connectivity index (χ4n) is 5.51. The van der Waals surface area contributed by atoms with Gasteiger partial charge in [0.1, 0.15) is 24.0 Å². The lowest BCUT2D eigenvalue weighted by molar-refractivity contribution is -0.384. The molecule has 0 bridgehead atoms. The molecule has 1 unspecified atom stereocenters. The van der Waals surface area contributed by atoms with E-state index in [1.807, 2.05) is 30.3 Å². The molecule has 1 aliphatic rings. The molecule has 1 saturated carbocycles. The monoisotopic (exact) mass is 690 g/mol. The highest BCUT2D eigenvalue weighted by Gasteiger charge is 2.35. The number of sulfonamides is 1. The van der Waals surface area contributed by atoms with Gasteiger partial charge in [-0.25, -0.2) is 8.42 Å². The molecule has 1 fully saturated rings. The van der Waals surface area contributed by atoms with Crippen molar-refractivity contribution in [3.8, 4) is 5.75 Å². The fraction of sp³-hybridized carbons (Fsp3) is 0.375. The van der Waals surface area contributed by atoms with Crippen LogP contribution in [0.15, 0.2) is 66.7 Å². The van der Waals surface area contributed by atoms with Gasteiger partial charge in [-0.1, -0.05) is 78.9 Å². The zero-order valence-corrected chi connectivity index (χ0v) is 27.9. The number of carbonyl (C=O) groups is 2. The summed E-state index contributed by atoms with van der Waals surface area (Å²) in [6.45, 7) is -0.866. The number of benzene rings is 3. The van der Waals surface area contributed by atoms with Crippen LogP contribution in [0.1, 0.15) is 43.2 Å². The molecule has 0 heterocycles.